The molecule has 4 heteroatoms. The first-order chi connectivity index (χ1) is 21.8. The predicted molar refractivity (Wildman–Crippen MR) is 180 cm³/mol. The molecule has 0 bridgehead atoms. The number of para-hydroxylation sites is 3. The summed E-state index contributed by atoms with van der Waals surface area (Å²) in [6, 6.07) is 40.0. The third kappa shape index (κ3) is 3.34. The molecule has 208 valence electrons. The third-order valence-electron chi connectivity index (χ3n) is 9.11. The highest BCUT2D eigenvalue weighted by molar-refractivity contribution is 6.14. The maximum atomic E-state index is 6.73. The SMILES string of the molecule is C1=Cc2cc(N(c3ccc4c(c3)oc3ccccc34)c3ccc4c(c3)oc3ccccc34)c3oc4ccccc4c3c2CC1. The van der Waals surface area contributed by atoms with Gasteiger partial charge >= 0.3 is 0 Å². The van der Waals surface area contributed by atoms with Gasteiger partial charge in [0.15, 0.2) is 5.58 Å². The zero-order chi connectivity index (χ0) is 28.8. The molecule has 0 amide bonds. The minimum absolute atomic E-state index is 0.845. The first-order valence-electron chi connectivity index (χ1n) is 15.1. The van der Waals surface area contributed by atoms with Gasteiger partial charge in [0.25, 0.3) is 0 Å². The Balaban J connectivity index is 1.29. The van der Waals surface area contributed by atoms with E-state index < -0.39 is 0 Å². The van der Waals surface area contributed by atoms with Crippen molar-refractivity contribution in [1.29, 1.82) is 0 Å². The van der Waals surface area contributed by atoms with Crippen molar-refractivity contribution >= 4 is 89.0 Å². The molecule has 0 atom stereocenters. The second kappa shape index (κ2) is 8.88. The highest BCUT2D eigenvalue weighted by Crippen LogP contribution is 2.47. The Hall–Kier alpha value is -5.74. The second-order valence-corrected chi connectivity index (χ2v) is 11.6. The van der Waals surface area contributed by atoms with Crippen LogP contribution in [0.2, 0.25) is 0 Å². The molecule has 3 heterocycles. The summed E-state index contributed by atoms with van der Waals surface area (Å²) in [6.45, 7) is 0. The molecule has 0 radical (unpaired) electrons. The lowest BCUT2D eigenvalue weighted by atomic mass is 9.91. The van der Waals surface area contributed by atoms with Gasteiger partial charge in [0, 0.05) is 44.5 Å². The lowest BCUT2D eigenvalue weighted by Gasteiger charge is -2.27. The van der Waals surface area contributed by atoms with Gasteiger partial charge in [-0.25, -0.2) is 0 Å². The molecule has 9 aromatic rings. The Labute approximate surface area is 252 Å². The number of rotatable bonds is 3. The minimum Gasteiger partial charge on any atom is -0.456 e. The van der Waals surface area contributed by atoms with Crippen molar-refractivity contribution in [2.75, 3.05) is 4.90 Å². The molecule has 0 saturated carbocycles. The highest BCUT2D eigenvalue weighted by atomic mass is 16.3. The number of benzene rings is 6. The van der Waals surface area contributed by atoms with Crippen LogP contribution in [0.25, 0.3) is 71.9 Å². The number of furan rings is 3. The van der Waals surface area contributed by atoms with Gasteiger partial charge in [0.05, 0.1) is 17.1 Å². The predicted octanol–water partition coefficient (Wildman–Crippen LogP) is 11.8. The van der Waals surface area contributed by atoms with Gasteiger partial charge in [-0.05, 0) is 72.5 Å². The monoisotopic (exact) mass is 567 g/mol. The molecule has 1 aliphatic rings. The number of fused-ring (bicyclic) bond motifs is 11. The zero-order valence-electron chi connectivity index (χ0n) is 23.7. The summed E-state index contributed by atoms with van der Waals surface area (Å²) in [5.74, 6) is 0. The van der Waals surface area contributed by atoms with E-state index in [4.69, 9.17) is 13.3 Å². The molecule has 0 fully saturated rings. The average Bonchev–Trinajstić information content (AvgIpc) is 3.76. The fraction of sp³-hybridized carbons (Fsp3) is 0.0500. The topological polar surface area (TPSA) is 42.7 Å². The van der Waals surface area contributed by atoms with Crippen LogP contribution in [0.15, 0.2) is 135 Å². The molecule has 44 heavy (non-hydrogen) atoms. The van der Waals surface area contributed by atoms with Gasteiger partial charge in [0.1, 0.15) is 27.9 Å². The maximum Gasteiger partial charge on any atom is 0.159 e. The zero-order valence-corrected chi connectivity index (χ0v) is 23.7. The number of aryl methyl sites for hydroxylation is 1. The molecule has 0 aliphatic heterocycles. The molecule has 6 aromatic carbocycles. The van der Waals surface area contributed by atoms with Crippen LogP contribution in [0.4, 0.5) is 17.1 Å². The number of nitrogens with zero attached hydrogens (tertiary/aromatic N) is 1. The molecule has 4 nitrogen and oxygen atoms in total. The summed E-state index contributed by atoms with van der Waals surface area (Å²) in [5, 5.41) is 6.76. The van der Waals surface area contributed by atoms with Crippen molar-refractivity contribution in [2.45, 2.75) is 12.8 Å². The van der Waals surface area contributed by atoms with E-state index >= 15 is 0 Å². The van der Waals surface area contributed by atoms with Crippen LogP contribution in [0, 0.1) is 0 Å². The Bertz CT molecular complexity index is 2520. The number of hydrogen-bond acceptors (Lipinski definition) is 4. The van der Waals surface area contributed by atoms with Crippen molar-refractivity contribution in [3.8, 4) is 0 Å². The number of anilines is 3. The molecular weight excluding hydrogens is 542 g/mol. The van der Waals surface area contributed by atoms with E-state index in [1.807, 2.05) is 30.3 Å². The van der Waals surface area contributed by atoms with Crippen molar-refractivity contribution < 1.29 is 13.3 Å². The van der Waals surface area contributed by atoms with Crippen molar-refractivity contribution in [2.24, 2.45) is 0 Å². The molecule has 0 saturated heterocycles. The van der Waals surface area contributed by atoms with Gasteiger partial charge < -0.3 is 18.2 Å². The second-order valence-electron chi connectivity index (χ2n) is 11.6. The molecule has 3 aromatic heterocycles. The van der Waals surface area contributed by atoms with E-state index in [9.17, 15) is 0 Å². The largest absolute Gasteiger partial charge is 0.456 e. The fourth-order valence-corrected chi connectivity index (χ4v) is 7.13. The van der Waals surface area contributed by atoms with Gasteiger partial charge in [-0.1, -0.05) is 66.7 Å². The summed E-state index contributed by atoms with van der Waals surface area (Å²) in [4.78, 5) is 2.28. The number of hydrogen-bond donors (Lipinski definition) is 0. The smallest absolute Gasteiger partial charge is 0.159 e. The van der Waals surface area contributed by atoms with Crippen molar-refractivity contribution in [3.63, 3.8) is 0 Å². The van der Waals surface area contributed by atoms with Crippen LogP contribution in [-0.2, 0) is 6.42 Å². The molecule has 0 unspecified atom stereocenters. The van der Waals surface area contributed by atoms with Crippen LogP contribution in [0.3, 0.4) is 0 Å². The van der Waals surface area contributed by atoms with Gasteiger partial charge in [-0.2, -0.15) is 0 Å². The molecule has 10 rings (SSSR count). The highest BCUT2D eigenvalue weighted by Gasteiger charge is 2.25. The average molecular weight is 568 g/mol. The van der Waals surface area contributed by atoms with Gasteiger partial charge in [-0.15, -0.1) is 0 Å². The van der Waals surface area contributed by atoms with Crippen LogP contribution < -0.4 is 4.90 Å². The normalized spacial score (nSPS) is 13.2. The van der Waals surface area contributed by atoms with Crippen molar-refractivity contribution in [1.82, 2.24) is 0 Å². The molecular formula is C40H25NO3. The minimum atomic E-state index is 0.845. The quantitative estimate of drug-likeness (QED) is 0.213. The third-order valence-corrected chi connectivity index (χ3v) is 9.11. The molecule has 1 aliphatic carbocycles. The summed E-state index contributed by atoms with van der Waals surface area (Å²) in [7, 11) is 0. The maximum absolute atomic E-state index is 6.73. The molecule has 0 N–H and O–H groups in total. The van der Waals surface area contributed by atoms with Crippen molar-refractivity contribution in [3.05, 3.63) is 132 Å². The lowest BCUT2D eigenvalue weighted by molar-refractivity contribution is 0.666. The first-order valence-corrected chi connectivity index (χ1v) is 15.1. The molecule has 0 spiro atoms. The standard InChI is InChI=1S/C40H25NO3/c1-2-10-27-24(9-1)21-33(40-39(27)32-13-5-8-16-36(32)44-40)41(25-17-19-30-28-11-3-6-14-34(28)42-37(30)22-25)26-18-20-31-29-12-4-7-15-35(29)43-38(31)23-26/h1,3-9,11-23H,2,10H2. The Morgan fingerprint density at radius 3 is 1.68 bits per heavy atom. The van der Waals surface area contributed by atoms with Crippen LogP contribution in [-0.4, -0.2) is 0 Å². The summed E-state index contributed by atoms with van der Waals surface area (Å²) < 4.78 is 19.5. The Kier molecular flexibility index (Phi) is 4.80. The Morgan fingerprint density at radius 1 is 0.500 bits per heavy atom. The summed E-state index contributed by atoms with van der Waals surface area (Å²) >= 11 is 0. The number of allylic oxidation sites excluding steroid dienone is 1. The van der Waals surface area contributed by atoms with Gasteiger partial charge in [-0.3, -0.25) is 0 Å². The van der Waals surface area contributed by atoms with Crippen LogP contribution in [0.5, 0.6) is 0 Å². The Morgan fingerprint density at radius 2 is 1.05 bits per heavy atom. The first kappa shape index (κ1) is 23.8. The van der Waals surface area contributed by atoms with E-state index in [0.29, 0.717) is 0 Å². The van der Waals surface area contributed by atoms with Crippen LogP contribution in [0.1, 0.15) is 17.5 Å². The van der Waals surface area contributed by atoms with E-state index in [-0.39, 0.29) is 0 Å². The lowest BCUT2D eigenvalue weighted by Crippen LogP contribution is -2.11. The van der Waals surface area contributed by atoms with E-state index in [1.165, 1.54) is 16.5 Å². The van der Waals surface area contributed by atoms with E-state index in [1.54, 1.807) is 0 Å². The van der Waals surface area contributed by atoms with E-state index in [2.05, 4.69) is 102 Å². The van der Waals surface area contributed by atoms with E-state index in [0.717, 1.165) is 90.3 Å². The van der Waals surface area contributed by atoms with Crippen LogP contribution >= 0.6 is 0 Å². The fourth-order valence-electron chi connectivity index (χ4n) is 7.13. The summed E-state index contributed by atoms with van der Waals surface area (Å²) in [5.41, 5.74) is 10.7. The summed E-state index contributed by atoms with van der Waals surface area (Å²) in [6.07, 6.45) is 6.54. The van der Waals surface area contributed by atoms with Gasteiger partial charge in [0.2, 0.25) is 0 Å².